The first-order valence-corrected chi connectivity index (χ1v) is 6.27. The van der Waals surface area contributed by atoms with Gasteiger partial charge in [0, 0.05) is 4.88 Å². The van der Waals surface area contributed by atoms with E-state index in [9.17, 15) is 4.79 Å². The molecule has 0 bridgehead atoms. The lowest BCUT2D eigenvalue weighted by Gasteiger charge is -2.01. The molecule has 0 spiro atoms. The number of carbonyl (C=O) groups is 1. The van der Waals surface area contributed by atoms with Crippen LogP contribution in [0.25, 0.3) is 0 Å². The second-order valence-corrected chi connectivity index (χ2v) is 5.04. The molecule has 7 nitrogen and oxygen atoms in total. The van der Waals surface area contributed by atoms with Gasteiger partial charge in [-0.3, -0.25) is 4.79 Å². The average Bonchev–Trinajstić information content (AvgIpc) is 3.02. The van der Waals surface area contributed by atoms with Crippen molar-refractivity contribution in [1.82, 2.24) is 15.1 Å². The third kappa shape index (κ3) is 1.94. The number of nitrogens with zero attached hydrogens (tertiary/aromatic N) is 3. The Labute approximate surface area is 106 Å². The minimum Gasteiger partial charge on any atom is -0.481 e. The Bertz CT molecular complexity index is 566. The van der Waals surface area contributed by atoms with Gasteiger partial charge >= 0.3 is 5.97 Å². The Morgan fingerprint density at radius 1 is 1.67 bits per heavy atom. The summed E-state index contributed by atoms with van der Waals surface area (Å²) < 4.78 is 4.62. The molecule has 3 rings (SSSR count). The molecule has 0 amide bonds. The molecule has 0 aliphatic heterocycles. The van der Waals surface area contributed by atoms with Gasteiger partial charge in [0.2, 0.25) is 6.39 Å². The van der Waals surface area contributed by atoms with Crippen LogP contribution in [0.4, 0.5) is 5.13 Å². The Morgan fingerprint density at radius 3 is 3.28 bits per heavy atom. The van der Waals surface area contributed by atoms with Gasteiger partial charge in [-0.05, 0) is 12.8 Å². The van der Waals surface area contributed by atoms with Crippen LogP contribution in [-0.2, 0) is 17.8 Å². The highest BCUT2D eigenvalue weighted by Crippen LogP contribution is 2.38. The van der Waals surface area contributed by atoms with E-state index in [1.807, 2.05) is 0 Å². The number of fused-ring (bicyclic) bond motifs is 1. The van der Waals surface area contributed by atoms with Crippen LogP contribution in [0.5, 0.6) is 0 Å². The smallest absolute Gasteiger partial charge is 0.312 e. The number of rotatable bonds is 4. The van der Waals surface area contributed by atoms with Crippen LogP contribution in [0.3, 0.4) is 0 Å². The fourth-order valence-electron chi connectivity index (χ4n) is 1.97. The van der Waals surface area contributed by atoms with E-state index >= 15 is 0 Å². The standard InChI is InChI=1S/C10H10N4O3S/c15-9(16)5-1-2-6-8(5)13-10(18-6)11-3-7-12-4-17-14-7/h4-5H,1-3H2,(H,11,13)(H,15,16). The van der Waals surface area contributed by atoms with Crippen molar-refractivity contribution in [2.45, 2.75) is 25.3 Å². The van der Waals surface area contributed by atoms with E-state index in [1.165, 1.54) is 17.7 Å². The molecular formula is C10H10N4O3S. The zero-order valence-electron chi connectivity index (χ0n) is 9.29. The number of hydrogen-bond acceptors (Lipinski definition) is 7. The minimum atomic E-state index is -0.802. The van der Waals surface area contributed by atoms with Crippen LogP contribution < -0.4 is 5.32 Å². The zero-order chi connectivity index (χ0) is 12.5. The fourth-order valence-corrected chi connectivity index (χ4v) is 3.00. The van der Waals surface area contributed by atoms with E-state index in [4.69, 9.17) is 5.11 Å². The van der Waals surface area contributed by atoms with Gasteiger partial charge in [0.05, 0.1) is 12.2 Å². The minimum absolute atomic E-state index is 0.417. The van der Waals surface area contributed by atoms with E-state index in [0.29, 0.717) is 29.6 Å². The van der Waals surface area contributed by atoms with E-state index < -0.39 is 11.9 Å². The van der Waals surface area contributed by atoms with Crippen molar-refractivity contribution in [3.05, 3.63) is 22.8 Å². The molecule has 2 aromatic heterocycles. The fraction of sp³-hybridized carbons (Fsp3) is 0.400. The van der Waals surface area contributed by atoms with E-state index in [-0.39, 0.29) is 0 Å². The maximum absolute atomic E-state index is 11.0. The van der Waals surface area contributed by atoms with Crippen LogP contribution in [0.2, 0.25) is 0 Å². The predicted octanol–water partition coefficient (Wildman–Crippen LogP) is 1.25. The number of carboxylic acids is 1. The number of aliphatic carboxylic acids is 1. The van der Waals surface area contributed by atoms with Crippen molar-refractivity contribution in [1.29, 1.82) is 0 Å². The molecule has 1 atom stereocenters. The summed E-state index contributed by atoms with van der Waals surface area (Å²) in [5.74, 6) is -0.721. The van der Waals surface area contributed by atoms with Gasteiger partial charge in [0.15, 0.2) is 11.0 Å². The lowest BCUT2D eigenvalue weighted by molar-refractivity contribution is -0.138. The van der Waals surface area contributed by atoms with E-state index in [2.05, 4.69) is 25.0 Å². The lowest BCUT2D eigenvalue weighted by Crippen LogP contribution is -2.09. The highest BCUT2D eigenvalue weighted by Gasteiger charge is 2.32. The first-order chi connectivity index (χ1) is 8.74. The number of thiazole rings is 1. The summed E-state index contributed by atoms with van der Waals surface area (Å²) in [4.78, 5) is 20.3. The molecule has 18 heavy (non-hydrogen) atoms. The molecular weight excluding hydrogens is 256 g/mol. The Balaban J connectivity index is 1.72. The summed E-state index contributed by atoms with van der Waals surface area (Å²) in [5, 5.41) is 16.5. The van der Waals surface area contributed by atoms with Crippen molar-refractivity contribution >= 4 is 22.4 Å². The molecule has 0 saturated carbocycles. The summed E-state index contributed by atoms with van der Waals surface area (Å²) in [5.41, 5.74) is 0.697. The van der Waals surface area contributed by atoms with Gasteiger partial charge in [-0.25, -0.2) is 4.98 Å². The van der Waals surface area contributed by atoms with Crippen molar-refractivity contribution in [3.8, 4) is 0 Å². The van der Waals surface area contributed by atoms with Crippen LogP contribution in [0.1, 0.15) is 28.7 Å². The molecule has 0 saturated heterocycles. The highest BCUT2D eigenvalue weighted by atomic mass is 32.1. The van der Waals surface area contributed by atoms with E-state index in [0.717, 1.165) is 11.3 Å². The third-order valence-electron chi connectivity index (χ3n) is 2.82. The van der Waals surface area contributed by atoms with Crippen LogP contribution >= 0.6 is 11.3 Å². The van der Waals surface area contributed by atoms with Gasteiger partial charge in [0.1, 0.15) is 5.92 Å². The van der Waals surface area contributed by atoms with E-state index in [1.54, 1.807) is 0 Å². The molecule has 1 aliphatic rings. The third-order valence-corrected chi connectivity index (χ3v) is 3.91. The molecule has 1 unspecified atom stereocenters. The lowest BCUT2D eigenvalue weighted by atomic mass is 10.1. The van der Waals surface area contributed by atoms with Gasteiger partial charge in [-0.15, -0.1) is 11.3 Å². The normalized spacial score (nSPS) is 17.7. The molecule has 0 radical (unpaired) electrons. The Morgan fingerprint density at radius 2 is 2.56 bits per heavy atom. The maximum atomic E-state index is 11.0. The Kier molecular flexibility index (Phi) is 2.71. The van der Waals surface area contributed by atoms with Crippen molar-refractivity contribution in [2.24, 2.45) is 0 Å². The SMILES string of the molecule is O=C(O)C1CCc2sc(NCc3ncon3)nc21. The molecule has 94 valence electrons. The first-order valence-electron chi connectivity index (χ1n) is 5.45. The van der Waals surface area contributed by atoms with Gasteiger partial charge in [-0.2, -0.15) is 4.98 Å². The van der Waals surface area contributed by atoms with Gasteiger partial charge in [-0.1, -0.05) is 5.16 Å². The van der Waals surface area contributed by atoms with Crippen LogP contribution in [0, 0.1) is 0 Å². The number of aryl methyl sites for hydroxylation is 1. The number of carboxylic acid groups (broad SMARTS) is 1. The summed E-state index contributed by atoms with van der Waals surface area (Å²) >= 11 is 1.49. The zero-order valence-corrected chi connectivity index (χ0v) is 10.1. The number of nitrogens with one attached hydrogen (secondary N) is 1. The van der Waals surface area contributed by atoms with Gasteiger partial charge < -0.3 is 14.9 Å². The second kappa shape index (κ2) is 4.37. The van der Waals surface area contributed by atoms with Crippen molar-refractivity contribution < 1.29 is 14.4 Å². The summed E-state index contributed by atoms with van der Waals surface area (Å²) in [6, 6.07) is 0. The molecule has 2 heterocycles. The summed E-state index contributed by atoms with van der Waals surface area (Å²) in [6.45, 7) is 0.417. The predicted molar refractivity (Wildman–Crippen MR) is 62.4 cm³/mol. The molecule has 2 aromatic rings. The molecule has 8 heteroatoms. The average molecular weight is 266 g/mol. The van der Waals surface area contributed by atoms with Crippen LogP contribution in [0.15, 0.2) is 10.9 Å². The molecule has 0 fully saturated rings. The number of hydrogen-bond donors (Lipinski definition) is 2. The Hall–Kier alpha value is -1.96. The first kappa shape index (κ1) is 11.1. The molecule has 2 N–H and O–H groups in total. The van der Waals surface area contributed by atoms with Crippen molar-refractivity contribution in [2.75, 3.05) is 5.32 Å². The monoisotopic (exact) mass is 266 g/mol. The topological polar surface area (TPSA) is 101 Å². The summed E-state index contributed by atoms with van der Waals surface area (Å²) in [7, 11) is 0. The molecule has 0 aromatic carbocycles. The summed E-state index contributed by atoms with van der Waals surface area (Å²) in [6.07, 6.45) is 2.70. The number of anilines is 1. The molecule has 1 aliphatic carbocycles. The second-order valence-electron chi connectivity index (χ2n) is 3.96. The van der Waals surface area contributed by atoms with Crippen LogP contribution in [-0.4, -0.2) is 26.2 Å². The number of aromatic nitrogens is 3. The highest BCUT2D eigenvalue weighted by molar-refractivity contribution is 7.15. The van der Waals surface area contributed by atoms with Crippen molar-refractivity contribution in [3.63, 3.8) is 0 Å². The quantitative estimate of drug-likeness (QED) is 0.858. The maximum Gasteiger partial charge on any atom is 0.312 e. The largest absolute Gasteiger partial charge is 0.481 e. The van der Waals surface area contributed by atoms with Gasteiger partial charge in [0.25, 0.3) is 0 Å².